The average Bonchev–Trinajstić information content (AvgIpc) is 1.84. The van der Waals surface area contributed by atoms with Gasteiger partial charge in [-0.1, -0.05) is 6.08 Å². The number of allylic oxidation sites excluding steroid dienone is 1. The van der Waals surface area contributed by atoms with Gasteiger partial charge in [0.05, 0.1) is 0 Å². The molecule has 1 aliphatic heterocycles. The topological polar surface area (TPSA) is 40.5 Å². The summed E-state index contributed by atoms with van der Waals surface area (Å²) in [5, 5.41) is 17.2. The largest absolute Gasteiger partial charge is 0.356 e. The van der Waals surface area contributed by atoms with Gasteiger partial charge in [0, 0.05) is 0 Å². The van der Waals surface area contributed by atoms with E-state index in [-0.39, 0.29) is 0 Å². The quantitative estimate of drug-likeness (QED) is 0.344. The fraction of sp³-hybridized carbons (Fsp3) is 0.250. The second-order valence-corrected chi connectivity index (χ2v) is 2.54. The minimum atomic E-state index is -1.57. The molecule has 0 aliphatic carbocycles. The van der Waals surface area contributed by atoms with Crippen molar-refractivity contribution in [1.82, 2.24) is 0 Å². The Labute approximate surface area is 42.9 Å². The molecule has 0 amide bonds. The van der Waals surface area contributed by atoms with Crippen molar-refractivity contribution < 1.29 is 10.2 Å². The number of hydrogen-bond acceptors (Lipinski definition) is 2. The van der Waals surface area contributed by atoms with E-state index in [0.717, 1.165) is 0 Å². The first-order valence-electron chi connectivity index (χ1n) is 1.88. The van der Waals surface area contributed by atoms with Crippen LogP contribution in [0.2, 0.25) is 0 Å². The summed E-state index contributed by atoms with van der Waals surface area (Å²) in [6, 6.07) is 0. The molecule has 1 rings (SSSR count). The first-order valence-corrected chi connectivity index (χ1v) is 2.85. The van der Waals surface area contributed by atoms with Crippen molar-refractivity contribution in [2.75, 3.05) is 0 Å². The lowest BCUT2D eigenvalue weighted by Crippen LogP contribution is -2.12. The van der Waals surface area contributed by atoms with Crippen molar-refractivity contribution in [1.29, 1.82) is 0 Å². The summed E-state index contributed by atoms with van der Waals surface area (Å²) >= 11 is 0. The lowest BCUT2D eigenvalue weighted by molar-refractivity contribution is -0.0339. The molecule has 1 aliphatic rings. The first kappa shape index (κ1) is 4.98. The zero-order chi connectivity index (χ0) is 5.33. The van der Waals surface area contributed by atoms with Crippen LogP contribution in [-0.4, -0.2) is 21.5 Å². The predicted molar refractivity (Wildman–Crippen MR) is 29.3 cm³/mol. The monoisotopic (exact) mass is 116 g/mol. The fourth-order valence-corrected chi connectivity index (χ4v) is 0.932. The van der Waals surface area contributed by atoms with Crippen molar-refractivity contribution >= 4 is 14.0 Å². The van der Waals surface area contributed by atoms with E-state index < -0.39 is 5.53 Å². The van der Waals surface area contributed by atoms with Gasteiger partial charge in [0.1, 0.15) is 0 Å². The maximum absolute atomic E-state index is 8.62. The minimum absolute atomic E-state index is 0.542. The van der Waals surface area contributed by atoms with E-state index in [9.17, 15) is 0 Å². The molecule has 0 aromatic heterocycles. The summed E-state index contributed by atoms with van der Waals surface area (Å²) in [5.41, 5.74) is -1.57. The Morgan fingerprint density at radius 3 is 2.29 bits per heavy atom. The highest BCUT2D eigenvalue weighted by Gasteiger charge is 2.16. The van der Waals surface area contributed by atoms with Crippen molar-refractivity contribution in [3.63, 3.8) is 0 Å². The fourth-order valence-electron chi connectivity index (χ4n) is 0.368. The van der Waals surface area contributed by atoms with Gasteiger partial charge in [-0.05, 0) is 20.1 Å². The van der Waals surface area contributed by atoms with Gasteiger partial charge in [0.15, 0.2) is 0 Å². The maximum Gasteiger partial charge on any atom is 0.226 e. The molecule has 38 valence electrons. The molecule has 1 heterocycles. The highest BCUT2D eigenvalue weighted by molar-refractivity contribution is 7.41. The Morgan fingerprint density at radius 2 is 2.14 bits per heavy atom. The van der Waals surface area contributed by atoms with Crippen molar-refractivity contribution in [3.05, 3.63) is 12.2 Å². The molecule has 0 saturated carbocycles. The molecular formula is C4H5O2P. The van der Waals surface area contributed by atoms with Gasteiger partial charge in [-0.15, -0.1) is 0 Å². The average molecular weight is 116 g/mol. The van der Waals surface area contributed by atoms with Crippen LogP contribution in [0.1, 0.15) is 0 Å². The van der Waals surface area contributed by atoms with Crippen LogP contribution >= 0.6 is 8.20 Å². The molecule has 0 aromatic rings. The molecule has 2 N–H and O–H groups in total. The third-order valence-electron chi connectivity index (χ3n) is 0.670. The minimum Gasteiger partial charge on any atom is -0.356 e. The lowest BCUT2D eigenvalue weighted by Gasteiger charge is -2.04. The van der Waals surface area contributed by atoms with Crippen molar-refractivity contribution in [3.8, 4) is 0 Å². The normalized spacial score (nSPS) is 26.0. The predicted octanol–water partition coefficient (Wildman–Crippen LogP) is -0.0570. The van der Waals surface area contributed by atoms with Crippen molar-refractivity contribution in [2.24, 2.45) is 0 Å². The smallest absolute Gasteiger partial charge is 0.226 e. The highest BCUT2D eigenvalue weighted by atomic mass is 31.1. The molecule has 0 fully saturated rings. The zero-order valence-corrected chi connectivity index (χ0v) is 4.47. The second-order valence-electron chi connectivity index (χ2n) is 1.32. The van der Waals surface area contributed by atoms with Gasteiger partial charge in [0.25, 0.3) is 0 Å². The van der Waals surface area contributed by atoms with Crippen molar-refractivity contribution in [2.45, 2.75) is 5.53 Å². The van der Waals surface area contributed by atoms with Crippen LogP contribution < -0.4 is 0 Å². The summed E-state index contributed by atoms with van der Waals surface area (Å²) in [7, 11) is 0.542. The molecule has 0 saturated heterocycles. The van der Waals surface area contributed by atoms with Gasteiger partial charge in [-0.3, -0.25) is 0 Å². The van der Waals surface area contributed by atoms with Crippen LogP contribution in [-0.2, 0) is 0 Å². The number of rotatable bonds is 0. The van der Waals surface area contributed by atoms with Crippen LogP contribution in [0.25, 0.3) is 0 Å². The lowest BCUT2D eigenvalue weighted by atomic mass is 10.5. The van der Waals surface area contributed by atoms with E-state index in [0.29, 0.717) is 8.20 Å². The molecule has 0 bridgehead atoms. The van der Waals surface area contributed by atoms with Gasteiger partial charge in [-0.2, -0.15) is 0 Å². The Kier molecular flexibility index (Phi) is 1.00. The van der Waals surface area contributed by atoms with E-state index >= 15 is 0 Å². The maximum atomic E-state index is 8.62. The Morgan fingerprint density at radius 1 is 1.43 bits per heavy atom. The van der Waals surface area contributed by atoms with Gasteiger partial charge < -0.3 is 10.2 Å². The molecule has 0 spiro atoms. The van der Waals surface area contributed by atoms with E-state index in [1.807, 2.05) is 0 Å². The Bertz CT molecular complexity index is 112. The molecular weight excluding hydrogens is 111 g/mol. The van der Waals surface area contributed by atoms with Crippen LogP contribution in [0.5, 0.6) is 0 Å². The Balaban J connectivity index is 2.77. The third kappa shape index (κ3) is 1.10. The molecule has 2 nitrogen and oxygen atoms in total. The standard InChI is InChI=1S/C4H5O2P/c5-4(6)2-1-3-7-4/h1-3,5-6H. The van der Waals surface area contributed by atoms with E-state index in [2.05, 4.69) is 0 Å². The summed E-state index contributed by atoms with van der Waals surface area (Å²) < 4.78 is 0. The summed E-state index contributed by atoms with van der Waals surface area (Å²) in [6.07, 6.45) is 2.97. The zero-order valence-electron chi connectivity index (χ0n) is 3.57. The summed E-state index contributed by atoms with van der Waals surface area (Å²) in [5.74, 6) is 1.68. The molecule has 3 heteroatoms. The van der Waals surface area contributed by atoms with Crippen LogP contribution in [0.3, 0.4) is 0 Å². The van der Waals surface area contributed by atoms with Gasteiger partial charge in [0.2, 0.25) is 5.53 Å². The first-order chi connectivity index (χ1) is 3.21. The third-order valence-corrected chi connectivity index (χ3v) is 1.52. The van der Waals surface area contributed by atoms with E-state index in [1.54, 1.807) is 11.9 Å². The summed E-state index contributed by atoms with van der Waals surface area (Å²) in [6.45, 7) is 0. The number of hydrogen-bond donors (Lipinski definition) is 2. The molecule has 0 atom stereocenters. The highest BCUT2D eigenvalue weighted by Crippen LogP contribution is 2.21. The van der Waals surface area contributed by atoms with Gasteiger partial charge >= 0.3 is 0 Å². The molecule has 0 aromatic carbocycles. The van der Waals surface area contributed by atoms with E-state index in [1.165, 1.54) is 6.08 Å². The van der Waals surface area contributed by atoms with Crippen LogP contribution in [0, 0.1) is 0 Å². The molecule has 0 unspecified atom stereocenters. The SMILES string of the molecule is OC1(O)C=CC=P1. The van der Waals surface area contributed by atoms with Crippen LogP contribution in [0.4, 0.5) is 0 Å². The Hall–Kier alpha value is -0.170. The molecule has 7 heavy (non-hydrogen) atoms. The number of aliphatic hydroxyl groups is 2. The van der Waals surface area contributed by atoms with E-state index in [4.69, 9.17) is 10.2 Å². The second kappa shape index (κ2) is 1.41. The van der Waals surface area contributed by atoms with Gasteiger partial charge in [-0.25, -0.2) is 0 Å². The molecule has 0 radical (unpaired) electrons. The summed E-state index contributed by atoms with van der Waals surface area (Å²) in [4.78, 5) is 0. The van der Waals surface area contributed by atoms with Crippen LogP contribution in [0.15, 0.2) is 12.2 Å².